The van der Waals surface area contributed by atoms with Crippen molar-refractivity contribution in [1.29, 1.82) is 0 Å². The van der Waals surface area contributed by atoms with Gasteiger partial charge in [0.15, 0.2) is 10.8 Å². The fraction of sp³-hybridized carbons (Fsp3) is 0.261. The van der Waals surface area contributed by atoms with E-state index in [1.54, 1.807) is 6.07 Å². The number of rotatable bonds is 12. The monoisotopic (exact) mass is 719 g/mol. The van der Waals surface area contributed by atoms with Gasteiger partial charge in [-0.1, -0.05) is 35.0 Å². The van der Waals surface area contributed by atoms with E-state index < -0.39 is 35.2 Å². The minimum Gasteiger partial charge on any atom is -0.481 e. The second kappa shape index (κ2) is 13.7. The largest absolute Gasteiger partial charge is 0.481 e. The van der Waals surface area contributed by atoms with E-state index in [4.69, 9.17) is 34.0 Å². The molecule has 1 aromatic carbocycles. The Balaban J connectivity index is 1.17. The first-order valence-corrected chi connectivity index (χ1v) is 17.7. The molecule has 2 aliphatic heterocycles. The fourth-order valence-corrected chi connectivity index (χ4v) is 9.81. The number of nitrogen functional groups attached to an aromatic ring is 1. The number of β-lactam (4-membered cyclic amide) rings is 1. The molecular weight excluding hydrogens is 702 g/mol. The summed E-state index contributed by atoms with van der Waals surface area (Å²) in [5, 5.41) is 29.5. The van der Waals surface area contributed by atoms with Crippen LogP contribution < -0.4 is 11.1 Å². The number of H-pyrrole nitrogens is 1. The number of fused-ring (bicyclic) bond motifs is 2. The molecule has 20 heteroatoms. The average molecular weight is 721 g/mol. The summed E-state index contributed by atoms with van der Waals surface area (Å²) in [6, 6.07) is 2.22. The topological polar surface area (TPSA) is 204 Å². The third kappa shape index (κ3) is 7.10. The molecule has 2 amide bonds. The number of amides is 2. The second-order valence-electron chi connectivity index (χ2n) is 8.65. The highest BCUT2D eigenvalue weighted by molar-refractivity contribution is 8.18. The zero-order valence-electron chi connectivity index (χ0n) is 21.4. The number of carboxylic acids is 2. The van der Waals surface area contributed by atoms with E-state index in [1.807, 2.05) is 0 Å². The van der Waals surface area contributed by atoms with Gasteiger partial charge in [-0.05, 0) is 12.1 Å². The summed E-state index contributed by atoms with van der Waals surface area (Å²) < 4.78 is 0. The highest BCUT2D eigenvalue weighted by atomic mass is 35.5. The van der Waals surface area contributed by atoms with Crippen molar-refractivity contribution in [2.45, 2.75) is 26.4 Å². The number of hydrogen-bond donors (Lipinski definition) is 5. The lowest BCUT2D eigenvalue weighted by atomic mass is 10.1. The van der Waals surface area contributed by atoms with Gasteiger partial charge in [0.25, 0.3) is 5.91 Å². The Bertz CT molecular complexity index is 1670. The Kier molecular flexibility index (Phi) is 10.1. The molecule has 226 valence electrons. The Morgan fingerprint density at radius 1 is 1.09 bits per heavy atom. The van der Waals surface area contributed by atoms with Crippen LogP contribution in [0.2, 0.25) is 10.0 Å². The lowest BCUT2D eigenvalue weighted by Gasteiger charge is -2.49. The van der Waals surface area contributed by atoms with Gasteiger partial charge < -0.3 is 21.3 Å². The minimum absolute atomic E-state index is 0.0737. The normalized spacial score (nSPS) is 18.0. The van der Waals surface area contributed by atoms with E-state index in [-0.39, 0.29) is 23.0 Å². The number of carboxylic acid groups (broad SMARTS) is 2. The highest BCUT2D eigenvalue weighted by Crippen LogP contribution is 2.44. The number of nitrogens with one attached hydrogen (secondary N) is 2. The summed E-state index contributed by atoms with van der Waals surface area (Å²) in [5.74, 6) is -2.81. The molecule has 2 aromatic heterocycles. The van der Waals surface area contributed by atoms with Crippen LogP contribution in [0.3, 0.4) is 0 Å². The predicted molar refractivity (Wildman–Crippen MR) is 170 cm³/mol. The van der Waals surface area contributed by atoms with Crippen LogP contribution in [0, 0.1) is 0 Å². The maximum absolute atomic E-state index is 13.0. The van der Waals surface area contributed by atoms with E-state index >= 15 is 0 Å². The number of aromatic amines is 1. The van der Waals surface area contributed by atoms with Crippen LogP contribution in [0.25, 0.3) is 11.0 Å². The van der Waals surface area contributed by atoms with E-state index in [0.29, 0.717) is 51.8 Å². The van der Waals surface area contributed by atoms with Crippen molar-refractivity contribution < 1.29 is 29.4 Å². The van der Waals surface area contributed by atoms with Gasteiger partial charge in [0.05, 0.1) is 38.2 Å². The van der Waals surface area contributed by atoms with Crippen LogP contribution in [-0.4, -0.2) is 92.8 Å². The number of halogens is 2. The van der Waals surface area contributed by atoms with Gasteiger partial charge in [0, 0.05) is 20.4 Å². The quantitative estimate of drug-likeness (QED) is 0.0784. The number of nitrogens with two attached hydrogens (primary N) is 1. The standard InChI is InChI=1S/C23H19Cl2N7O6S5/c24-9-2-12(40-6-15(34)35)10(25)1-11(9)39-5-14(33)28-16-20(36)32-17(22(37)38)13(4-41-21(16)32)42-7-43-23-29-18(26)8-3-27-31-19(8)30-23/h1-3,16,21H,4-7H2,(H,28,33)(H,34,35)(H,37,38)(H3,26,27,29,30,31)/t16-,21-/m1/s1. The summed E-state index contributed by atoms with van der Waals surface area (Å²) in [5.41, 5.74) is 6.33. The number of aliphatic carboxylic acids is 2. The lowest BCUT2D eigenvalue weighted by molar-refractivity contribution is -0.150. The van der Waals surface area contributed by atoms with Crippen molar-refractivity contribution in [2.75, 3.05) is 28.1 Å². The van der Waals surface area contributed by atoms with E-state index in [2.05, 4.69) is 25.5 Å². The molecule has 0 bridgehead atoms. The predicted octanol–water partition coefficient (Wildman–Crippen LogP) is 3.69. The number of nitrogens with zero attached hydrogens (tertiary/aromatic N) is 4. The smallest absolute Gasteiger partial charge is 0.353 e. The van der Waals surface area contributed by atoms with Crippen LogP contribution in [-0.2, 0) is 19.2 Å². The molecule has 0 spiro atoms. The number of carbonyl (C=O) groups is 4. The molecular formula is C23H19Cl2N7O6S5. The van der Waals surface area contributed by atoms with Crippen LogP contribution in [0.5, 0.6) is 0 Å². The molecule has 0 radical (unpaired) electrons. The van der Waals surface area contributed by atoms with Crippen molar-refractivity contribution in [2.24, 2.45) is 0 Å². The van der Waals surface area contributed by atoms with Gasteiger partial charge in [0.2, 0.25) is 5.91 Å². The summed E-state index contributed by atoms with van der Waals surface area (Å²) >= 11 is 18.6. The number of thioether (sulfide) groups is 5. The number of carbonyl (C=O) groups excluding carboxylic acids is 2. The minimum atomic E-state index is -1.23. The Morgan fingerprint density at radius 3 is 2.47 bits per heavy atom. The maximum Gasteiger partial charge on any atom is 0.353 e. The third-order valence-electron chi connectivity index (χ3n) is 5.89. The molecule has 1 fully saturated rings. The zero-order chi connectivity index (χ0) is 30.8. The maximum atomic E-state index is 13.0. The molecule has 2 aliphatic rings. The summed E-state index contributed by atoms with van der Waals surface area (Å²) in [6.45, 7) is 0. The molecule has 13 nitrogen and oxygen atoms in total. The fourth-order valence-electron chi connectivity index (χ4n) is 3.98. The summed E-state index contributed by atoms with van der Waals surface area (Å²) in [7, 11) is 0. The van der Waals surface area contributed by atoms with Crippen molar-refractivity contribution in [3.8, 4) is 0 Å². The van der Waals surface area contributed by atoms with Gasteiger partial charge in [-0.15, -0.1) is 47.0 Å². The molecule has 43 heavy (non-hydrogen) atoms. The van der Waals surface area contributed by atoms with E-state index in [9.17, 15) is 24.3 Å². The van der Waals surface area contributed by atoms with Gasteiger partial charge in [-0.2, -0.15) is 5.10 Å². The van der Waals surface area contributed by atoms with Gasteiger partial charge in [-0.25, -0.2) is 14.8 Å². The Morgan fingerprint density at radius 2 is 1.79 bits per heavy atom. The highest BCUT2D eigenvalue weighted by Gasteiger charge is 2.54. The van der Waals surface area contributed by atoms with Gasteiger partial charge >= 0.3 is 11.9 Å². The summed E-state index contributed by atoms with van der Waals surface area (Å²) in [6.07, 6.45) is 1.53. The van der Waals surface area contributed by atoms with Crippen molar-refractivity contribution in [1.82, 2.24) is 30.4 Å². The molecule has 0 aliphatic carbocycles. The van der Waals surface area contributed by atoms with Crippen molar-refractivity contribution in [3.63, 3.8) is 0 Å². The Hall–Kier alpha value is -2.48. The van der Waals surface area contributed by atoms with Crippen molar-refractivity contribution >= 4 is 123 Å². The number of aromatic nitrogens is 4. The van der Waals surface area contributed by atoms with Crippen LogP contribution in [0.15, 0.2) is 43.9 Å². The molecule has 4 heterocycles. The first-order chi connectivity index (χ1) is 20.5. The van der Waals surface area contributed by atoms with Crippen LogP contribution in [0.4, 0.5) is 5.82 Å². The average Bonchev–Trinajstić information content (AvgIpc) is 3.44. The number of hydrogen-bond acceptors (Lipinski definition) is 13. The second-order valence-corrected chi connectivity index (χ2v) is 15.0. The SMILES string of the molecule is Nc1nc(SCSC2=C(C(=O)O)N3C(=O)[C@@H](NC(=O)CSc4cc(Cl)c(SCC(=O)O)cc4Cl)[C@H]3SC2)nc2[nH]ncc12. The van der Waals surface area contributed by atoms with E-state index in [0.717, 1.165) is 23.5 Å². The van der Waals surface area contributed by atoms with E-state index in [1.165, 1.54) is 52.4 Å². The Labute approximate surface area is 274 Å². The van der Waals surface area contributed by atoms with Gasteiger partial charge in [-0.3, -0.25) is 24.4 Å². The summed E-state index contributed by atoms with van der Waals surface area (Å²) in [4.78, 5) is 60.0. The molecule has 5 rings (SSSR count). The van der Waals surface area contributed by atoms with Gasteiger partial charge in [0.1, 0.15) is 22.9 Å². The molecule has 0 saturated carbocycles. The molecule has 2 atom stereocenters. The zero-order valence-corrected chi connectivity index (χ0v) is 27.0. The molecule has 3 aromatic rings. The lowest BCUT2D eigenvalue weighted by Crippen LogP contribution is -2.70. The third-order valence-corrected chi connectivity index (χ3v) is 12.4. The van der Waals surface area contributed by atoms with Crippen molar-refractivity contribution in [3.05, 3.63) is 39.0 Å². The van der Waals surface area contributed by atoms with Crippen LogP contribution in [0.1, 0.15) is 0 Å². The first kappa shape index (κ1) is 31.9. The van der Waals surface area contributed by atoms with Crippen LogP contribution >= 0.6 is 82.0 Å². The molecule has 6 N–H and O–H groups in total. The number of benzene rings is 1. The number of anilines is 1. The molecule has 1 saturated heterocycles. The first-order valence-electron chi connectivity index (χ1n) is 11.9. The molecule has 0 unspecified atom stereocenters.